The highest BCUT2D eigenvalue weighted by Crippen LogP contribution is 2.51. The Labute approximate surface area is 201 Å². The van der Waals surface area contributed by atoms with Crippen molar-refractivity contribution in [3.8, 4) is 11.5 Å². The molecule has 3 aromatic rings. The van der Waals surface area contributed by atoms with Crippen LogP contribution in [0.25, 0.3) is 0 Å². The molecule has 0 radical (unpaired) electrons. The first-order valence-corrected chi connectivity index (χ1v) is 12.0. The molecule has 0 aliphatic carbocycles. The topological polar surface area (TPSA) is 127 Å². The molecule has 34 heavy (non-hydrogen) atoms. The van der Waals surface area contributed by atoms with Crippen LogP contribution in [0, 0.1) is 5.92 Å². The van der Waals surface area contributed by atoms with Crippen LogP contribution in [0.1, 0.15) is 16.4 Å². The van der Waals surface area contributed by atoms with E-state index in [0.29, 0.717) is 26.9 Å². The fraction of sp³-hybridized carbons (Fsp3) is 0.217. The maximum absolute atomic E-state index is 12.9. The molecule has 3 atom stereocenters. The predicted octanol–water partition coefficient (Wildman–Crippen LogP) is 2.14. The number of ether oxygens (including phenoxy) is 1. The molecule has 1 aromatic heterocycles. The third-order valence-corrected chi connectivity index (χ3v) is 8.43. The van der Waals surface area contributed by atoms with Crippen molar-refractivity contribution < 1.29 is 24.2 Å². The maximum atomic E-state index is 12.9. The van der Waals surface area contributed by atoms with Crippen LogP contribution in [0.2, 0.25) is 0 Å². The molecule has 9 nitrogen and oxygen atoms in total. The van der Waals surface area contributed by atoms with E-state index in [2.05, 4.69) is 10.6 Å². The van der Waals surface area contributed by atoms with Crippen LogP contribution in [0.5, 0.6) is 11.5 Å². The fourth-order valence-electron chi connectivity index (χ4n) is 4.23. The summed E-state index contributed by atoms with van der Waals surface area (Å²) in [5, 5.41) is 14.6. The van der Waals surface area contributed by atoms with Gasteiger partial charge in [-0.2, -0.15) is 0 Å². The van der Waals surface area contributed by atoms with Crippen molar-refractivity contribution in [3.05, 3.63) is 68.6 Å². The number of aromatic hydroxyl groups is 1. The van der Waals surface area contributed by atoms with E-state index >= 15 is 0 Å². The molecule has 3 N–H and O–H groups in total. The van der Waals surface area contributed by atoms with E-state index < -0.39 is 34.8 Å². The standard InChI is InChI=1S/C23H19N3O6S2/c1-32-14-8-4-12(5-9-14)24-15(28)10-26-22-19(34-23(26)31)16(11-2-6-13(27)7-3-11)17-18(33-22)21(30)25-20(17)29/h2-9,16-18,27H,10H2,1H3,(H,24,28)(H,25,29,30)/t16-,17+,18-/m0/s1. The first kappa shape index (κ1) is 22.2. The van der Waals surface area contributed by atoms with E-state index in [1.807, 2.05) is 0 Å². The highest BCUT2D eigenvalue weighted by molar-refractivity contribution is 8.00. The van der Waals surface area contributed by atoms with Gasteiger partial charge in [0.1, 0.15) is 23.3 Å². The molecule has 1 fully saturated rings. The summed E-state index contributed by atoms with van der Waals surface area (Å²) in [6.07, 6.45) is 0. The van der Waals surface area contributed by atoms with E-state index in [-0.39, 0.29) is 17.2 Å². The second kappa shape index (κ2) is 8.65. The van der Waals surface area contributed by atoms with Crippen molar-refractivity contribution in [2.24, 2.45) is 5.92 Å². The van der Waals surface area contributed by atoms with Crippen LogP contribution in [0.15, 0.2) is 58.4 Å². The number of thioether (sulfide) groups is 1. The minimum Gasteiger partial charge on any atom is -0.508 e. The fourth-order valence-corrected chi connectivity index (χ4v) is 6.98. The number of nitrogens with zero attached hydrogens (tertiary/aromatic N) is 1. The Hall–Kier alpha value is -3.57. The molecular weight excluding hydrogens is 478 g/mol. The average Bonchev–Trinajstić information content (AvgIpc) is 3.28. The van der Waals surface area contributed by atoms with Crippen molar-refractivity contribution in [3.63, 3.8) is 0 Å². The summed E-state index contributed by atoms with van der Waals surface area (Å²) in [5.74, 6) is -1.72. The minimum atomic E-state index is -0.719. The Balaban J connectivity index is 1.49. The van der Waals surface area contributed by atoms with Crippen LogP contribution in [0.3, 0.4) is 0 Å². The van der Waals surface area contributed by atoms with Gasteiger partial charge in [-0.05, 0) is 42.0 Å². The van der Waals surface area contributed by atoms with Gasteiger partial charge in [0, 0.05) is 16.5 Å². The number of hydrogen-bond acceptors (Lipinski definition) is 8. The van der Waals surface area contributed by atoms with E-state index in [0.717, 1.165) is 23.1 Å². The zero-order chi connectivity index (χ0) is 24.0. The van der Waals surface area contributed by atoms with Gasteiger partial charge >= 0.3 is 4.87 Å². The van der Waals surface area contributed by atoms with Gasteiger partial charge in [-0.1, -0.05) is 35.2 Å². The predicted molar refractivity (Wildman–Crippen MR) is 126 cm³/mol. The maximum Gasteiger partial charge on any atom is 0.308 e. The Bertz CT molecular complexity index is 1350. The number of imide groups is 1. The molecular formula is C23H19N3O6S2. The highest BCUT2D eigenvalue weighted by atomic mass is 32.2. The van der Waals surface area contributed by atoms with E-state index in [9.17, 15) is 24.3 Å². The van der Waals surface area contributed by atoms with Gasteiger partial charge in [-0.25, -0.2) is 0 Å². The summed E-state index contributed by atoms with van der Waals surface area (Å²) in [6, 6.07) is 13.2. The van der Waals surface area contributed by atoms with Gasteiger partial charge in [-0.3, -0.25) is 29.1 Å². The summed E-state index contributed by atoms with van der Waals surface area (Å²) in [5.41, 5.74) is 1.26. The Morgan fingerprint density at radius 1 is 1.09 bits per heavy atom. The lowest BCUT2D eigenvalue weighted by atomic mass is 9.83. The number of methoxy groups -OCH3 is 1. The van der Waals surface area contributed by atoms with Crippen molar-refractivity contribution in [1.82, 2.24) is 9.88 Å². The zero-order valence-corrected chi connectivity index (χ0v) is 19.4. The molecule has 5 rings (SSSR count). The molecule has 0 saturated carbocycles. The summed E-state index contributed by atoms with van der Waals surface area (Å²) in [4.78, 5) is 51.1. The number of aromatic nitrogens is 1. The smallest absolute Gasteiger partial charge is 0.308 e. The van der Waals surface area contributed by atoms with Crippen LogP contribution in [-0.2, 0) is 20.9 Å². The lowest BCUT2D eigenvalue weighted by Gasteiger charge is -2.30. The number of fused-ring (bicyclic) bond motifs is 2. The number of phenolic OH excluding ortho intramolecular Hbond substituents is 1. The van der Waals surface area contributed by atoms with Gasteiger partial charge in [0.15, 0.2) is 0 Å². The third kappa shape index (κ3) is 3.86. The molecule has 2 aromatic carbocycles. The van der Waals surface area contributed by atoms with Crippen molar-refractivity contribution in [1.29, 1.82) is 0 Å². The van der Waals surface area contributed by atoms with E-state index in [1.165, 1.54) is 16.7 Å². The Kier molecular flexibility index (Phi) is 5.66. The first-order chi connectivity index (χ1) is 16.4. The van der Waals surface area contributed by atoms with Gasteiger partial charge in [-0.15, -0.1) is 0 Å². The number of carbonyl (C=O) groups excluding carboxylic acids is 3. The number of rotatable bonds is 5. The number of amides is 3. The molecule has 0 unspecified atom stereocenters. The minimum absolute atomic E-state index is 0.0682. The van der Waals surface area contributed by atoms with Crippen LogP contribution < -0.4 is 20.2 Å². The van der Waals surface area contributed by atoms with Gasteiger partial charge in [0.05, 0.1) is 18.1 Å². The molecule has 0 spiro atoms. The second-order valence-corrected chi connectivity index (χ2v) is 10.0. The SMILES string of the molecule is COc1ccc(NC(=O)Cn2c3c(sc2=O)[C@@H](c2ccc(O)cc2)[C@H]2C(=O)NC(=O)[C@H]2S3)cc1. The molecule has 174 valence electrons. The normalized spacial score (nSPS) is 20.9. The number of thiazole rings is 1. The van der Waals surface area contributed by atoms with Crippen molar-refractivity contribution in [2.75, 3.05) is 12.4 Å². The summed E-state index contributed by atoms with van der Waals surface area (Å²) in [7, 11) is 1.55. The van der Waals surface area contributed by atoms with Gasteiger partial charge in [0.25, 0.3) is 0 Å². The molecule has 2 aliphatic rings. The zero-order valence-electron chi connectivity index (χ0n) is 17.8. The second-order valence-electron chi connectivity index (χ2n) is 7.89. The van der Waals surface area contributed by atoms with Crippen LogP contribution in [0.4, 0.5) is 5.69 Å². The van der Waals surface area contributed by atoms with Crippen LogP contribution >= 0.6 is 23.1 Å². The number of phenols is 1. The lowest BCUT2D eigenvalue weighted by Crippen LogP contribution is -2.32. The molecule has 3 heterocycles. The molecule has 3 amide bonds. The Morgan fingerprint density at radius 3 is 2.47 bits per heavy atom. The largest absolute Gasteiger partial charge is 0.508 e. The van der Waals surface area contributed by atoms with E-state index in [1.54, 1.807) is 43.5 Å². The molecule has 2 aliphatic heterocycles. The summed E-state index contributed by atoms with van der Waals surface area (Å²) < 4.78 is 6.46. The lowest BCUT2D eigenvalue weighted by molar-refractivity contribution is -0.126. The molecule has 1 saturated heterocycles. The van der Waals surface area contributed by atoms with Gasteiger partial charge in [0.2, 0.25) is 17.7 Å². The molecule has 0 bridgehead atoms. The molecule has 11 heteroatoms. The number of anilines is 1. The first-order valence-electron chi connectivity index (χ1n) is 10.3. The number of hydrogen-bond donors (Lipinski definition) is 3. The highest BCUT2D eigenvalue weighted by Gasteiger charge is 2.52. The number of nitrogens with one attached hydrogen (secondary N) is 2. The monoisotopic (exact) mass is 497 g/mol. The third-order valence-electron chi connectivity index (χ3n) is 5.82. The summed E-state index contributed by atoms with van der Waals surface area (Å²) in [6.45, 7) is -0.237. The summed E-state index contributed by atoms with van der Waals surface area (Å²) >= 11 is 2.10. The number of benzene rings is 2. The quantitative estimate of drug-likeness (QED) is 0.461. The number of carbonyl (C=O) groups is 3. The van der Waals surface area contributed by atoms with Crippen molar-refractivity contribution >= 4 is 46.5 Å². The van der Waals surface area contributed by atoms with Gasteiger partial charge < -0.3 is 15.2 Å². The van der Waals surface area contributed by atoms with Crippen LogP contribution in [-0.4, -0.2) is 39.8 Å². The van der Waals surface area contributed by atoms with Crippen molar-refractivity contribution in [2.45, 2.75) is 22.7 Å². The van der Waals surface area contributed by atoms with E-state index in [4.69, 9.17) is 4.74 Å². The Morgan fingerprint density at radius 2 is 1.79 bits per heavy atom. The average molecular weight is 498 g/mol.